The van der Waals surface area contributed by atoms with Gasteiger partial charge in [-0.15, -0.1) is 0 Å². The zero-order valence-corrected chi connectivity index (χ0v) is 15.0. The second kappa shape index (κ2) is 8.50. The van der Waals surface area contributed by atoms with E-state index in [1.807, 2.05) is 0 Å². The maximum absolute atomic E-state index is 12.3. The molecule has 0 saturated heterocycles. The fraction of sp³-hybridized carbons (Fsp3) is 0.250. The van der Waals surface area contributed by atoms with Crippen molar-refractivity contribution in [1.29, 1.82) is 0 Å². The molecule has 0 bridgehead atoms. The summed E-state index contributed by atoms with van der Waals surface area (Å²) in [6.07, 6.45) is 1.28. The Morgan fingerprint density at radius 3 is 2.58 bits per heavy atom. The highest BCUT2D eigenvalue weighted by atomic mass is 32.2. The Hall–Kier alpha value is -2.85. The lowest BCUT2D eigenvalue weighted by Crippen LogP contribution is -2.28. The average Bonchev–Trinajstić information content (AvgIpc) is 2.62. The molecule has 26 heavy (non-hydrogen) atoms. The minimum Gasteiger partial charge on any atom is -0.504 e. The van der Waals surface area contributed by atoms with Crippen molar-refractivity contribution in [2.75, 3.05) is 26.1 Å². The van der Waals surface area contributed by atoms with Gasteiger partial charge in [0, 0.05) is 25.2 Å². The van der Waals surface area contributed by atoms with Crippen molar-refractivity contribution in [3.63, 3.8) is 0 Å². The van der Waals surface area contributed by atoms with Crippen LogP contribution < -0.4 is 19.5 Å². The number of nitrogens with one attached hydrogen (secondary N) is 2. The standard InChI is InChI=1S/C16H19N3O6S/c1-24-13-6-5-11(10-14(13)25-2)26(22,23)18-9-7-15(21)19-16-12(20)4-3-8-17-16/h3-6,8,10,18,20H,7,9H2,1-2H3,(H,17,19,21). The first-order chi connectivity index (χ1) is 12.4. The lowest BCUT2D eigenvalue weighted by atomic mass is 10.3. The number of aromatic hydroxyl groups is 1. The number of methoxy groups -OCH3 is 2. The summed E-state index contributed by atoms with van der Waals surface area (Å²) in [6, 6.07) is 7.07. The van der Waals surface area contributed by atoms with Gasteiger partial charge in [-0.1, -0.05) is 0 Å². The van der Waals surface area contributed by atoms with Crippen LogP contribution in [0.15, 0.2) is 41.4 Å². The van der Waals surface area contributed by atoms with Crippen molar-refractivity contribution in [3.8, 4) is 17.2 Å². The van der Waals surface area contributed by atoms with E-state index < -0.39 is 15.9 Å². The number of pyridine rings is 1. The number of carbonyl (C=O) groups is 1. The summed E-state index contributed by atoms with van der Waals surface area (Å²) in [6.45, 7) is -0.129. The first-order valence-electron chi connectivity index (χ1n) is 7.53. The zero-order valence-electron chi connectivity index (χ0n) is 14.2. The molecule has 10 heteroatoms. The number of sulfonamides is 1. The number of amides is 1. The van der Waals surface area contributed by atoms with Crippen LogP contribution in [0.4, 0.5) is 5.82 Å². The van der Waals surface area contributed by atoms with Crippen LogP contribution in [0, 0.1) is 0 Å². The summed E-state index contributed by atoms with van der Waals surface area (Å²) < 4.78 is 37.1. The van der Waals surface area contributed by atoms with Crippen molar-refractivity contribution in [2.45, 2.75) is 11.3 Å². The molecule has 2 rings (SSSR count). The number of hydrogen-bond acceptors (Lipinski definition) is 7. The highest BCUT2D eigenvalue weighted by Gasteiger charge is 2.17. The first kappa shape index (κ1) is 19.5. The number of aromatic nitrogens is 1. The third-order valence-corrected chi connectivity index (χ3v) is 4.81. The van der Waals surface area contributed by atoms with Crippen LogP contribution in [0.3, 0.4) is 0 Å². The first-order valence-corrected chi connectivity index (χ1v) is 9.01. The lowest BCUT2D eigenvalue weighted by Gasteiger charge is -2.11. The SMILES string of the molecule is COc1ccc(S(=O)(=O)NCCC(=O)Nc2ncccc2O)cc1OC. The van der Waals surface area contributed by atoms with Crippen LogP contribution in [0.5, 0.6) is 17.2 Å². The number of benzene rings is 1. The molecule has 0 aliphatic carbocycles. The number of hydrogen-bond donors (Lipinski definition) is 3. The molecule has 0 saturated carbocycles. The Kier molecular flexibility index (Phi) is 6.36. The van der Waals surface area contributed by atoms with Gasteiger partial charge in [0.25, 0.3) is 0 Å². The van der Waals surface area contributed by atoms with Crippen molar-refractivity contribution in [2.24, 2.45) is 0 Å². The molecule has 0 radical (unpaired) electrons. The largest absolute Gasteiger partial charge is 0.504 e. The summed E-state index contributed by atoms with van der Waals surface area (Å²) in [4.78, 5) is 15.6. The molecular weight excluding hydrogens is 362 g/mol. The molecule has 1 aromatic heterocycles. The maximum Gasteiger partial charge on any atom is 0.240 e. The van der Waals surface area contributed by atoms with Crippen LogP contribution in [0.25, 0.3) is 0 Å². The molecule has 0 unspecified atom stereocenters. The molecule has 0 aliphatic rings. The number of carbonyl (C=O) groups excluding carboxylic acids is 1. The minimum atomic E-state index is -3.83. The van der Waals surface area contributed by atoms with Gasteiger partial charge in [-0.05, 0) is 24.3 Å². The van der Waals surface area contributed by atoms with E-state index in [9.17, 15) is 18.3 Å². The highest BCUT2D eigenvalue weighted by molar-refractivity contribution is 7.89. The molecule has 0 atom stereocenters. The second-order valence-corrected chi connectivity index (χ2v) is 6.85. The van der Waals surface area contributed by atoms with Crippen molar-refractivity contribution < 1.29 is 27.8 Å². The smallest absolute Gasteiger partial charge is 0.240 e. The van der Waals surface area contributed by atoms with Gasteiger partial charge in [0.15, 0.2) is 23.1 Å². The van der Waals surface area contributed by atoms with Crippen molar-refractivity contribution in [3.05, 3.63) is 36.5 Å². The molecule has 9 nitrogen and oxygen atoms in total. The fourth-order valence-corrected chi connectivity index (χ4v) is 3.10. The van der Waals surface area contributed by atoms with Crippen LogP contribution in [0.2, 0.25) is 0 Å². The van der Waals surface area contributed by atoms with Crippen molar-refractivity contribution in [1.82, 2.24) is 9.71 Å². The Morgan fingerprint density at radius 1 is 1.19 bits per heavy atom. The summed E-state index contributed by atoms with van der Waals surface area (Å²) in [5, 5.41) is 11.9. The van der Waals surface area contributed by atoms with E-state index in [0.29, 0.717) is 5.75 Å². The molecule has 0 fully saturated rings. The van der Waals surface area contributed by atoms with Gasteiger partial charge in [0.2, 0.25) is 15.9 Å². The summed E-state index contributed by atoms with van der Waals surface area (Å²) in [7, 11) is -0.977. The minimum absolute atomic E-state index is 0.0141. The van der Waals surface area contributed by atoms with Gasteiger partial charge in [-0.25, -0.2) is 18.1 Å². The summed E-state index contributed by atoms with van der Waals surface area (Å²) in [5.41, 5.74) is 0. The van der Waals surface area contributed by atoms with E-state index in [1.54, 1.807) is 0 Å². The van der Waals surface area contributed by atoms with Crippen LogP contribution in [0.1, 0.15) is 6.42 Å². The lowest BCUT2D eigenvalue weighted by molar-refractivity contribution is -0.116. The number of anilines is 1. The predicted octanol–water partition coefficient (Wildman–Crippen LogP) is 1.11. The van der Waals surface area contributed by atoms with Gasteiger partial charge in [-0.2, -0.15) is 0 Å². The van der Waals surface area contributed by atoms with Crippen LogP contribution in [-0.2, 0) is 14.8 Å². The summed E-state index contributed by atoms with van der Waals surface area (Å²) >= 11 is 0. The number of nitrogens with zero attached hydrogens (tertiary/aromatic N) is 1. The predicted molar refractivity (Wildman–Crippen MR) is 93.9 cm³/mol. The Labute approximate surface area is 151 Å². The second-order valence-electron chi connectivity index (χ2n) is 5.08. The van der Waals surface area contributed by atoms with E-state index in [2.05, 4.69) is 15.0 Å². The normalized spacial score (nSPS) is 11.0. The van der Waals surface area contributed by atoms with Crippen LogP contribution >= 0.6 is 0 Å². The molecule has 0 aliphatic heterocycles. The van der Waals surface area contributed by atoms with Gasteiger partial charge in [0.05, 0.1) is 19.1 Å². The Balaban J connectivity index is 1.96. The molecule has 1 aromatic carbocycles. The van der Waals surface area contributed by atoms with E-state index in [0.717, 1.165) is 0 Å². The highest BCUT2D eigenvalue weighted by Crippen LogP contribution is 2.29. The monoisotopic (exact) mass is 381 g/mol. The average molecular weight is 381 g/mol. The Morgan fingerprint density at radius 2 is 1.92 bits per heavy atom. The van der Waals surface area contributed by atoms with Crippen molar-refractivity contribution >= 4 is 21.7 Å². The molecule has 1 heterocycles. The van der Waals surface area contributed by atoms with Crippen LogP contribution in [-0.4, -0.2) is 45.2 Å². The van der Waals surface area contributed by atoms with Gasteiger partial charge >= 0.3 is 0 Å². The number of rotatable bonds is 8. The van der Waals surface area contributed by atoms with E-state index in [4.69, 9.17) is 9.47 Å². The Bertz CT molecular complexity index is 885. The third kappa shape index (κ3) is 4.83. The van der Waals surface area contributed by atoms with Gasteiger partial charge in [0.1, 0.15) is 0 Å². The number of ether oxygens (including phenoxy) is 2. The molecule has 0 spiro atoms. The molecular formula is C16H19N3O6S. The fourth-order valence-electron chi connectivity index (χ4n) is 2.05. The molecule has 3 N–H and O–H groups in total. The maximum atomic E-state index is 12.3. The van der Waals surface area contributed by atoms with E-state index in [-0.39, 0.29) is 35.2 Å². The molecule has 2 aromatic rings. The zero-order chi connectivity index (χ0) is 19.2. The summed E-state index contributed by atoms with van der Waals surface area (Å²) in [5.74, 6) is 0.0285. The van der Waals surface area contributed by atoms with Gasteiger partial charge in [-0.3, -0.25) is 4.79 Å². The van der Waals surface area contributed by atoms with E-state index >= 15 is 0 Å². The van der Waals surface area contributed by atoms with Gasteiger partial charge < -0.3 is 19.9 Å². The van der Waals surface area contributed by atoms with E-state index in [1.165, 1.54) is 50.7 Å². The third-order valence-electron chi connectivity index (χ3n) is 3.35. The topological polar surface area (TPSA) is 127 Å². The molecule has 1 amide bonds. The molecule has 140 valence electrons. The quantitative estimate of drug-likeness (QED) is 0.625.